The third-order valence-corrected chi connectivity index (χ3v) is 5.74. The predicted octanol–water partition coefficient (Wildman–Crippen LogP) is 5.39. The third-order valence-electron chi connectivity index (χ3n) is 4.60. The number of carbonyl (C=O) groups excluding carboxylic acids is 1. The Morgan fingerprint density at radius 2 is 1.93 bits per heavy atom. The lowest BCUT2D eigenvalue weighted by molar-refractivity contribution is -0.125. The zero-order valence-electron chi connectivity index (χ0n) is 15.3. The normalized spacial score (nSPS) is 16.2. The van der Waals surface area contributed by atoms with E-state index < -0.39 is 6.10 Å². The molecule has 0 aliphatic carbocycles. The van der Waals surface area contributed by atoms with Crippen LogP contribution in [-0.2, 0) is 11.3 Å². The summed E-state index contributed by atoms with van der Waals surface area (Å²) in [5.74, 6) is 0.658. The molecule has 1 unspecified atom stereocenters. The van der Waals surface area contributed by atoms with Crippen LogP contribution in [0.4, 0.5) is 5.69 Å². The SMILES string of the molecule is Cc1nc(-c2ccc3c(c2)N(Cc2ccc(Cl)cc2)C(=O)C(C)O3)c(C)s1. The lowest BCUT2D eigenvalue weighted by atomic mass is 10.1. The molecule has 1 aromatic heterocycles. The standard InChI is InChI=1S/C21H19ClN2O2S/c1-12-21(25)24(11-15-4-7-17(22)8-5-15)18-10-16(6-9-19(18)26-12)20-13(2)27-14(3)23-20/h4-10,12H,11H2,1-3H3. The van der Waals surface area contributed by atoms with E-state index in [-0.39, 0.29) is 5.91 Å². The number of anilines is 1. The van der Waals surface area contributed by atoms with Gasteiger partial charge >= 0.3 is 0 Å². The first-order valence-corrected chi connectivity index (χ1v) is 9.93. The number of halogens is 1. The number of aromatic nitrogens is 1. The first-order chi connectivity index (χ1) is 12.9. The van der Waals surface area contributed by atoms with E-state index in [4.69, 9.17) is 16.3 Å². The second-order valence-electron chi connectivity index (χ2n) is 6.63. The van der Waals surface area contributed by atoms with Crippen LogP contribution >= 0.6 is 22.9 Å². The smallest absolute Gasteiger partial charge is 0.268 e. The van der Waals surface area contributed by atoms with E-state index in [2.05, 4.69) is 11.9 Å². The molecule has 1 amide bonds. The average Bonchev–Trinajstić information content (AvgIpc) is 2.98. The molecule has 2 heterocycles. The Labute approximate surface area is 167 Å². The van der Waals surface area contributed by atoms with Gasteiger partial charge in [-0.3, -0.25) is 4.79 Å². The third kappa shape index (κ3) is 3.45. The molecule has 0 bridgehead atoms. The summed E-state index contributed by atoms with van der Waals surface area (Å²) in [7, 11) is 0. The molecule has 0 radical (unpaired) electrons. The highest BCUT2D eigenvalue weighted by molar-refractivity contribution is 7.11. The molecule has 0 saturated heterocycles. The van der Waals surface area contributed by atoms with Crippen molar-refractivity contribution < 1.29 is 9.53 Å². The van der Waals surface area contributed by atoms with Gasteiger partial charge in [-0.15, -0.1) is 11.3 Å². The maximum Gasteiger partial charge on any atom is 0.268 e. The number of hydrogen-bond acceptors (Lipinski definition) is 4. The van der Waals surface area contributed by atoms with Crippen LogP contribution in [0.2, 0.25) is 5.02 Å². The monoisotopic (exact) mass is 398 g/mol. The van der Waals surface area contributed by atoms with E-state index >= 15 is 0 Å². The van der Waals surface area contributed by atoms with Crippen molar-refractivity contribution in [3.8, 4) is 17.0 Å². The summed E-state index contributed by atoms with van der Waals surface area (Å²) in [6, 6.07) is 13.5. The Morgan fingerprint density at radius 1 is 1.19 bits per heavy atom. The van der Waals surface area contributed by atoms with Crippen molar-refractivity contribution in [1.29, 1.82) is 0 Å². The molecule has 1 aliphatic heterocycles. The summed E-state index contributed by atoms with van der Waals surface area (Å²) in [4.78, 5) is 20.4. The fourth-order valence-corrected chi connectivity index (χ4v) is 4.25. The van der Waals surface area contributed by atoms with Gasteiger partial charge in [-0.25, -0.2) is 4.98 Å². The Morgan fingerprint density at radius 3 is 2.59 bits per heavy atom. The van der Waals surface area contributed by atoms with Crippen LogP contribution in [0.25, 0.3) is 11.3 Å². The van der Waals surface area contributed by atoms with Gasteiger partial charge in [0.25, 0.3) is 5.91 Å². The van der Waals surface area contributed by atoms with Crippen LogP contribution in [0, 0.1) is 13.8 Å². The fourth-order valence-electron chi connectivity index (χ4n) is 3.29. The van der Waals surface area contributed by atoms with E-state index in [1.807, 2.05) is 49.4 Å². The summed E-state index contributed by atoms with van der Waals surface area (Å²) in [6.45, 7) is 6.31. The number of hydrogen-bond donors (Lipinski definition) is 0. The van der Waals surface area contributed by atoms with Gasteiger partial charge in [0.1, 0.15) is 5.75 Å². The number of thiazole rings is 1. The number of fused-ring (bicyclic) bond motifs is 1. The zero-order chi connectivity index (χ0) is 19.1. The first-order valence-electron chi connectivity index (χ1n) is 8.73. The predicted molar refractivity (Wildman–Crippen MR) is 110 cm³/mol. The highest BCUT2D eigenvalue weighted by Gasteiger charge is 2.32. The number of benzene rings is 2. The topological polar surface area (TPSA) is 42.4 Å². The number of nitrogens with zero attached hydrogens (tertiary/aromatic N) is 2. The van der Waals surface area contributed by atoms with Crippen molar-refractivity contribution in [2.24, 2.45) is 0 Å². The molecule has 1 atom stereocenters. The Hall–Kier alpha value is -2.37. The van der Waals surface area contributed by atoms with E-state index in [0.717, 1.165) is 32.4 Å². The molecule has 0 spiro atoms. The molecule has 0 N–H and O–H groups in total. The van der Waals surface area contributed by atoms with Crippen LogP contribution in [0.1, 0.15) is 22.4 Å². The summed E-state index contributed by atoms with van der Waals surface area (Å²) in [6.07, 6.45) is -0.515. The van der Waals surface area contributed by atoms with E-state index in [1.165, 1.54) is 0 Å². The molecule has 4 rings (SSSR count). The van der Waals surface area contributed by atoms with Gasteiger partial charge in [0.2, 0.25) is 0 Å². The highest BCUT2D eigenvalue weighted by atomic mass is 35.5. The molecule has 2 aromatic carbocycles. The van der Waals surface area contributed by atoms with Crippen LogP contribution in [0.3, 0.4) is 0 Å². The molecule has 138 valence electrons. The van der Waals surface area contributed by atoms with Crippen molar-refractivity contribution in [3.05, 3.63) is 62.9 Å². The minimum Gasteiger partial charge on any atom is -0.479 e. The van der Waals surface area contributed by atoms with Crippen molar-refractivity contribution in [3.63, 3.8) is 0 Å². The zero-order valence-corrected chi connectivity index (χ0v) is 16.9. The summed E-state index contributed by atoms with van der Waals surface area (Å²) < 4.78 is 5.83. The minimum atomic E-state index is -0.515. The Kier molecular flexibility index (Phi) is 4.66. The second kappa shape index (κ2) is 6.98. The van der Waals surface area contributed by atoms with Crippen LogP contribution < -0.4 is 9.64 Å². The van der Waals surface area contributed by atoms with Crippen LogP contribution in [-0.4, -0.2) is 17.0 Å². The molecule has 3 aromatic rings. The number of ether oxygens (including phenoxy) is 1. The van der Waals surface area contributed by atoms with Gasteiger partial charge in [0.15, 0.2) is 6.10 Å². The number of aryl methyl sites for hydroxylation is 2. The first kappa shape index (κ1) is 18.0. The molecule has 6 heteroatoms. The number of carbonyl (C=O) groups is 1. The van der Waals surface area contributed by atoms with Gasteiger partial charge in [-0.05, 0) is 56.7 Å². The number of amides is 1. The molecule has 0 saturated carbocycles. The maximum atomic E-state index is 12.8. The van der Waals surface area contributed by atoms with Gasteiger partial charge in [0, 0.05) is 15.5 Å². The van der Waals surface area contributed by atoms with E-state index in [0.29, 0.717) is 17.3 Å². The van der Waals surface area contributed by atoms with Gasteiger partial charge in [0.05, 0.1) is 22.9 Å². The Balaban J connectivity index is 1.76. The second-order valence-corrected chi connectivity index (χ2v) is 8.47. The van der Waals surface area contributed by atoms with Gasteiger partial charge < -0.3 is 9.64 Å². The minimum absolute atomic E-state index is 0.0548. The van der Waals surface area contributed by atoms with Crippen LogP contribution in [0.15, 0.2) is 42.5 Å². The molecule has 1 aliphatic rings. The average molecular weight is 399 g/mol. The lowest BCUT2D eigenvalue weighted by Crippen LogP contribution is -2.44. The van der Waals surface area contributed by atoms with E-state index in [9.17, 15) is 4.79 Å². The molecule has 0 fully saturated rings. The molecule has 27 heavy (non-hydrogen) atoms. The van der Waals surface area contributed by atoms with Crippen molar-refractivity contribution >= 4 is 34.5 Å². The molecular weight excluding hydrogens is 380 g/mol. The summed E-state index contributed by atoms with van der Waals surface area (Å²) in [5, 5.41) is 1.71. The summed E-state index contributed by atoms with van der Waals surface area (Å²) >= 11 is 7.66. The van der Waals surface area contributed by atoms with Crippen molar-refractivity contribution in [2.75, 3.05) is 4.90 Å². The van der Waals surface area contributed by atoms with Gasteiger partial charge in [-0.1, -0.05) is 23.7 Å². The number of rotatable bonds is 3. The Bertz CT molecular complexity index is 1010. The summed E-state index contributed by atoms with van der Waals surface area (Å²) in [5.41, 5.74) is 3.73. The van der Waals surface area contributed by atoms with Gasteiger partial charge in [-0.2, -0.15) is 0 Å². The molecular formula is C21H19ClN2O2S. The fraction of sp³-hybridized carbons (Fsp3) is 0.238. The largest absolute Gasteiger partial charge is 0.479 e. The highest BCUT2D eigenvalue weighted by Crippen LogP contribution is 2.39. The van der Waals surface area contributed by atoms with Crippen LogP contribution in [0.5, 0.6) is 5.75 Å². The van der Waals surface area contributed by atoms with Crippen molar-refractivity contribution in [1.82, 2.24) is 4.98 Å². The maximum absolute atomic E-state index is 12.8. The van der Waals surface area contributed by atoms with E-state index in [1.54, 1.807) is 23.2 Å². The molecule has 4 nitrogen and oxygen atoms in total. The lowest BCUT2D eigenvalue weighted by Gasteiger charge is -2.33. The quantitative estimate of drug-likeness (QED) is 0.593. The van der Waals surface area contributed by atoms with Crippen molar-refractivity contribution in [2.45, 2.75) is 33.4 Å².